The Bertz CT molecular complexity index is 1370. The van der Waals surface area contributed by atoms with Crippen LogP contribution in [0.1, 0.15) is 22.3 Å². The van der Waals surface area contributed by atoms with Crippen molar-refractivity contribution in [3.05, 3.63) is 89.0 Å². The maximum absolute atomic E-state index is 6.07. The quantitative estimate of drug-likeness (QED) is 0.356. The van der Waals surface area contributed by atoms with Crippen molar-refractivity contribution in [1.82, 2.24) is 0 Å². The predicted molar refractivity (Wildman–Crippen MR) is 141 cm³/mol. The average Bonchev–Trinajstić information content (AvgIpc) is 3.47. The zero-order valence-corrected chi connectivity index (χ0v) is 21.2. The lowest BCUT2D eigenvalue weighted by Gasteiger charge is -2.25. The number of benzene rings is 4. The van der Waals surface area contributed by atoms with E-state index in [0.717, 1.165) is 28.4 Å². The van der Waals surface area contributed by atoms with Crippen LogP contribution in [0.25, 0.3) is 11.1 Å². The minimum Gasteiger partial charge on any atom is -0.454 e. The van der Waals surface area contributed by atoms with Crippen LogP contribution in [0, 0.1) is 33.8 Å². The zero-order valence-electron chi connectivity index (χ0n) is 20.3. The van der Waals surface area contributed by atoms with Gasteiger partial charge in [0.2, 0.25) is 13.6 Å². The monoisotopic (exact) mass is 481 g/mol. The lowest BCUT2D eigenvalue weighted by atomic mass is 10.0. The van der Waals surface area contributed by atoms with Gasteiger partial charge in [-0.05, 0) is 81.9 Å². The molecule has 2 aliphatic heterocycles. The molecule has 5 heteroatoms. The van der Waals surface area contributed by atoms with E-state index in [-0.39, 0.29) is 13.6 Å². The smallest absolute Gasteiger partial charge is 0.231 e. The summed E-state index contributed by atoms with van der Waals surface area (Å²) in [6.07, 6.45) is 0. The van der Waals surface area contributed by atoms with E-state index < -0.39 is 7.92 Å². The first kappa shape index (κ1) is 22.0. The summed E-state index contributed by atoms with van der Waals surface area (Å²) in [5, 5.41) is 3.78. The van der Waals surface area contributed by atoms with E-state index in [1.807, 2.05) is 18.2 Å². The molecular weight excluding hydrogens is 455 g/mol. The molecule has 0 saturated carbocycles. The minimum atomic E-state index is -0.920. The van der Waals surface area contributed by atoms with Crippen molar-refractivity contribution in [1.29, 1.82) is 0 Å². The first-order valence-corrected chi connectivity index (χ1v) is 13.0. The largest absolute Gasteiger partial charge is 0.454 e. The topological polar surface area (TPSA) is 36.9 Å². The molecule has 4 aromatic carbocycles. The van der Waals surface area contributed by atoms with Crippen LogP contribution >= 0.6 is 7.92 Å². The minimum absolute atomic E-state index is 0.198. The Morgan fingerprint density at radius 1 is 0.629 bits per heavy atom. The summed E-state index contributed by atoms with van der Waals surface area (Å²) < 4.78 is 23.5. The maximum atomic E-state index is 6.07. The van der Waals surface area contributed by atoms with Crippen LogP contribution in [-0.2, 0) is 0 Å². The third-order valence-electron chi connectivity index (χ3n) is 6.27. The molecule has 1 radical (unpaired) electrons. The molecule has 0 atom stereocenters. The fourth-order valence-electron chi connectivity index (χ4n) is 5.04. The van der Waals surface area contributed by atoms with Crippen LogP contribution in [0.4, 0.5) is 0 Å². The van der Waals surface area contributed by atoms with Crippen molar-refractivity contribution >= 4 is 23.8 Å². The molecule has 0 aromatic heterocycles. The van der Waals surface area contributed by atoms with Crippen LogP contribution < -0.4 is 34.9 Å². The molecule has 2 heterocycles. The second kappa shape index (κ2) is 8.62. The molecule has 0 saturated heterocycles. The van der Waals surface area contributed by atoms with E-state index in [0.29, 0.717) is 5.75 Å². The van der Waals surface area contributed by atoms with Gasteiger partial charge in [0, 0.05) is 11.1 Å². The Kier molecular flexibility index (Phi) is 5.42. The van der Waals surface area contributed by atoms with Crippen molar-refractivity contribution < 1.29 is 18.9 Å². The Labute approximate surface area is 207 Å². The molecule has 4 nitrogen and oxygen atoms in total. The van der Waals surface area contributed by atoms with Crippen LogP contribution in [-0.4, -0.2) is 13.6 Å². The van der Waals surface area contributed by atoms with Gasteiger partial charge in [0.15, 0.2) is 23.0 Å². The first-order valence-electron chi connectivity index (χ1n) is 11.7. The van der Waals surface area contributed by atoms with E-state index in [9.17, 15) is 0 Å². The number of hydrogen-bond acceptors (Lipinski definition) is 4. The molecule has 6 rings (SSSR count). The Morgan fingerprint density at radius 2 is 1.17 bits per heavy atom. The summed E-state index contributed by atoms with van der Waals surface area (Å²) in [6, 6.07) is 25.1. The summed E-state index contributed by atoms with van der Waals surface area (Å²) in [5.41, 5.74) is 6.82. The predicted octanol–water partition coefficient (Wildman–Crippen LogP) is 5.60. The lowest BCUT2D eigenvalue weighted by Crippen LogP contribution is -2.23. The van der Waals surface area contributed by atoms with Gasteiger partial charge in [-0.2, -0.15) is 0 Å². The highest BCUT2D eigenvalue weighted by molar-refractivity contribution is 7.80. The fourth-order valence-corrected chi connectivity index (χ4v) is 7.88. The van der Waals surface area contributed by atoms with Gasteiger partial charge in [-0.15, -0.1) is 0 Å². The van der Waals surface area contributed by atoms with Gasteiger partial charge < -0.3 is 18.9 Å². The number of aryl methyl sites for hydroxylation is 4. The van der Waals surface area contributed by atoms with Gasteiger partial charge in [-0.1, -0.05) is 58.7 Å². The number of fused-ring (bicyclic) bond motifs is 2. The van der Waals surface area contributed by atoms with Crippen molar-refractivity contribution in [2.24, 2.45) is 0 Å². The number of hydrogen-bond donors (Lipinski definition) is 0. The van der Waals surface area contributed by atoms with E-state index in [4.69, 9.17) is 18.9 Å². The summed E-state index contributed by atoms with van der Waals surface area (Å²) in [4.78, 5) is 0. The van der Waals surface area contributed by atoms with Gasteiger partial charge >= 0.3 is 0 Å². The van der Waals surface area contributed by atoms with Crippen LogP contribution in [0.3, 0.4) is 0 Å². The van der Waals surface area contributed by atoms with E-state index in [2.05, 4.69) is 76.2 Å². The zero-order chi connectivity index (χ0) is 24.1. The van der Waals surface area contributed by atoms with Crippen molar-refractivity contribution in [2.45, 2.75) is 27.7 Å². The molecule has 0 aliphatic carbocycles. The normalized spacial score (nSPS) is 13.5. The first-order chi connectivity index (χ1) is 17.0. The van der Waals surface area contributed by atoms with Gasteiger partial charge in [0.1, 0.15) is 0 Å². The second-order valence-corrected chi connectivity index (χ2v) is 11.4. The van der Waals surface area contributed by atoms with Gasteiger partial charge in [-0.25, -0.2) is 0 Å². The molecule has 0 N–H and O–H groups in total. The van der Waals surface area contributed by atoms with Crippen LogP contribution in [0.15, 0.2) is 60.7 Å². The third-order valence-corrected chi connectivity index (χ3v) is 8.67. The Balaban J connectivity index is 1.68. The van der Waals surface area contributed by atoms with E-state index in [1.54, 1.807) is 0 Å². The van der Waals surface area contributed by atoms with Crippen molar-refractivity contribution in [3.8, 4) is 34.1 Å². The standard InChI is InChI=1S/C30H26O4P/c1-18-10-19(2)13-22(12-18)35(23-14-20(3)11-21(4)15-23)27-9-8-26-30(34-17-32-26)28(27)24-6-5-7-25-29(24)33-16-31-25/h5,7-15H,16-17H2,1-4H3. The third kappa shape index (κ3) is 3.92. The highest BCUT2D eigenvalue weighted by Gasteiger charge is 2.31. The Hall–Kier alpha value is -3.49. The van der Waals surface area contributed by atoms with Gasteiger partial charge in [-0.3, -0.25) is 0 Å². The van der Waals surface area contributed by atoms with Crippen LogP contribution in [0.5, 0.6) is 23.0 Å². The summed E-state index contributed by atoms with van der Waals surface area (Å²) in [5.74, 6) is 2.91. The molecule has 35 heavy (non-hydrogen) atoms. The molecule has 0 spiro atoms. The molecule has 0 fully saturated rings. The van der Waals surface area contributed by atoms with E-state index >= 15 is 0 Å². The molecule has 0 amide bonds. The molecular formula is C30H26O4P. The van der Waals surface area contributed by atoms with Crippen molar-refractivity contribution in [3.63, 3.8) is 0 Å². The van der Waals surface area contributed by atoms with E-state index in [1.165, 1.54) is 38.2 Å². The van der Waals surface area contributed by atoms with Gasteiger partial charge in [0.05, 0.1) is 0 Å². The number of ether oxygens (including phenoxy) is 4. The molecule has 175 valence electrons. The highest BCUT2D eigenvalue weighted by Crippen LogP contribution is 2.51. The summed E-state index contributed by atoms with van der Waals surface area (Å²) in [7, 11) is -0.920. The summed E-state index contributed by atoms with van der Waals surface area (Å²) >= 11 is 0. The number of rotatable bonds is 4. The van der Waals surface area contributed by atoms with Crippen LogP contribution in [0.2, 0.25) is 0 Å². The molecule has 0 bridgehead atoms. The highest BCUT2D eigenvalue weighted by atomic mass is 31.1. The second-order valence-electron chi connectivity index (χ2n) is 9.17. The lowest BCUT2D eigenvalue weighted by molar-refractivity contribution is 0.173. The fraction of sp³-hybridized carbons (Fsp3) is 0.200. The molecule has 0 unspecified atom stereocenters. The molecule has 2 aliphatic rings. The van der Waals surface area contributed by atoms with Crippen molar-refractivity contribution in [2.75, 3.05) is 13.6 Å². The molecule has 4 aromatic rings. The summed E-state index contributed by atoms with van der Waals surface area (Å²) in [6.45, 7) is 9.04. The average molecular weight is 482 g/mol. The van der Waals surface area contributed by atoms with Gasteiger partial charge in [0.25, 0.3) is 0 Å². The SMILES string of the molecule is Cc1cc(C)cc(P(c2cc(C)cc(C)c2)c2ccc3c(c2-c2[c]ccc4c2OCO4)OCO3)c1. The maximum Gasteiger partial charge on any atom is 0.231 e. The Morgan fingerprint density at radius 3 is 1.77 bits per heavy atom.